The van der Waals surface area contributed by atoms with Gasteiger partial charge in [-0.3, -0.25) is 0 Å². The quantitative estimate of drug-likeness (QED) is 0.909. The third-order valence-electron chi connectivity index (χ3n) is 2.25. The van der Waals surface area contributed by atoms with Crippen LogP contribution in [0.2, 0.25) is 0 Å². The Morgan fingerprint density at radius 1 is 1.33 bits per heavy atom. The van der Waals surface area contributed by atoms with Gasteiger partial charge in [-0.05, 0) is 40.5 Å². The molecule has 0 amide bonds. The van der Waals surface area contributed by atoms with Crippen LogP contribution in [0.1, 0.15) is 11.1 Å². The summed E-state index contributed by atoms with van der Waals surface area (Å²) in [5.41, 5.74) is 3.48. The highest BCUT2D eigenvalue weighted by Crippen LogP contribution is 2.26. The Bertz CT molecular complexity index is 437. The van der Waals surface area contributed by atoms with Crippen molar-refractivity contribution in [2.24, 2.45) is 0 Å². The molecule has 0 spiro atoms. The van der Waals surface area contributed by atoms with Crippen molar-refractivity contribution in [3.8, 4) is 0 Å². The van der Waals surface area contributed by atoms with E-state index in [9.17, 15) is 0 Å². The van der Waals surface area contributed by atoms with Gasteiger partial charge in [0, 0.05) is 22.3 Å². The zero-order chi connectivity index (χ0) is 10.7. The Balaban J connectivity index is 2.08. The molecule has 15 heavy (non-hydrogen) atoms. The number of furan rings is 1. The van der Waals surface area contributed by atoms with Gasteiger partial charge in [-0.2, -0.15) is 0 Å². The lowest BCUT2D eigenvalue weighted by molar-refractivity contribution is 0.564. The summed E-state index contributed by atoms with van der Waals surface area (Å²) < 4.78 is 6.12. The molecule has 78 valence electrons. The number of benzene rings is 1. The first-order valence-electron chi connectivity index (χ1n) is 4.77. The maximum atomic E-state index is 5.01. The van der Waals surface area contributed by atoms with E-state index in [0.717, 1.165) is 22.3 Å². The van der Waals surface area contributed by atoms with Crippen LogP contribution in [0, 0.1) is 6.92 Å². The van der Waals surface area contributed by atoms with Gasteiger partial charge in [0.25, 0.3) is 0 Å². The molecule has 0 radical (unpaired) electrons. The van der Waals surface area contributed by atoms with Crippen LogP contribution in [-0.2, 0) is 6.54 Å². The molecule has 0 saturated heterocycles. The number of aryl methyl sites for hydroxylation is 1. The highest BCUT2D eigenvalue weighted by Gasteiger charge is 2.01. The van der Waals surface area contributed by atoms with E-state index in [1.807, 2.05) is 12.1 Å². The summed E-state index contributed by atoms with van der Waals surface area (Å²) in [6.45, 7) is 2.85. The van der Waals surface area contributed by atoms with E-state index < -0.39 is 0 Å². The number of anilines is 1. The minimum Gasteiger partial charge on any atom is -0.472 e. The molecule has 0 bridgehead atoms. The predicted octanol–water partition coefficient (Wildman–Crippen LogP) is 3.96. The van der Waals surface area contributed by atoms with Gasteiger partial charge in [0.2, 0.25) is 0 Å². The first-order chi connectivity index (χ1) is 7.27. The average Bonchev–Trinajstić information content (AvgIpc) is 2.73. The van der Waals surface area contributed by atoms with Crippen LogP contribution < -0.4 is 5.32 Å². The summed E-state index contributed by atoms with van der Waals surface area (Å²) in [4.78, 5) is 0. The topological polar surface area (TPSA) is 25.2 Å². The van der Waals surface area contributed by atoms with E-state index in [4.69, 9.17) is 4.42 Å². The summed E-state index contributed by atoms with van der Waals surface area (Å²) in [6, 6.07) is 8.12. The normalized spacial score (nSPS) is 10.3. The van der Waals surface area contributed by atoms with Crippen LogP contribution in [-0.4, -0.2) is 0 Å². The van der Waals surface area contributed by atoms with Crippen molar-refractivity contribution >= 4 is 21.6 Å². The van der Waals surface area contributed by atoms with Crippen molar-refractivity contribution in [1.82, 2.24) is 0 Å². The second-order valence-corrected chi connectivity index (χ2v) is 4.21. The minimum absolute atomic E-state index is 0.776. The molecule has 1 heterocycles. The van der Waals surface area contributed by atoms with Crippen LogP contribution in [0.15, 0.2) is 45.7 Å². The molecule has 2 rings (SSSR count). The Labute approximate surface area is 97.4 Å². The van der Waals surface area contributed by atoms with Crippen molar-refractivity contribution in [3.63, 3.8) is 0 Å². The zero-order valence-corrected chi connectivity index (χ0v) is 10.0. The molecular weight excluding hydrogens is 254 g/mol. The van der Waals surface area contributed by atoms with Crippen molar-refractivity contribution in [2.75, 3.05) is 5.32 Å². The average molecular weight is 266 g/mol. The lowest BCUT2D eigenvalue weighted by atomic mass is 10.2. The van der Waals surface area contributed by atoms with Gasteiger partial charge in [-0.25, -0.2) is 0 Å². The van der Waals surface area contributed by atoms with Crippen molar-refractivity contribution in [1.29, 1.82) is 0 Å². The largest absolute Gasteiger partial charge is 0.472 e. The molecule has 0 fully saturated rings. The molecule has 0 unspecified atom stereocenters. The fourth-order valence-electron chi connectivity index (χ4n) is 1.37. The molecule has 0 atom stereocenters. The minimum atomic E-state index is 0.776. The summed E-state index contributed by atoms with van der Waals surface area (Å²) in [6.07, 6.45) is 3.43. The van der Waals surface area contributed by atoms with Gasteiger partial charge in [0.1, 0.15) is 0 Å². The Kier molecular flexibility index (Phi) is 3.11. The van der Waals surface area contributed by atoms with Crippen LogP contribution in [0.3, 0.4) is 0 Å². The molecule has 1 aromatic heterocycles. The monoisotopic (exact) mass is 265 g/mol. The van der Waals surface area contributed by atoms with E-state index in [-0.39, 0.29) is 0 Å². The summed E-state index contributed by atoms with van der Waals surface area (Å²) >= 11 is 3.56. The first kappa shape index (κ1) is 10.3. The maximum Gasteiger partial charge on any atom is 0.0952 e. The molecule has 3 heteroatoms. The summed E-state index contributed by atoms with van der Waals surface area (Å²) in [5, 5.41) is 3.35. The molecule has 2 nitrogen and oxygen atoms in total. The zero-order valence-electron chi connectivity index (χ0n) is 8.46. The summed E-state index contributed by atoms with van der Waals surface area (Å²) in [5.74, 6) is 0. The lowest BCUT2D eigenvalue weighted by Crippen LogP contribution is -1.99. The van der Waals surface area contributed by atoms with Crippen LogP contribution in [0.4, 0.5) is 5.69 Å². The number of hydrogen-bond acceptors (Lipinski definition) is 2. The molecule has 1 aromatic carbocycles. The van der Waals surface area contributed by atoms with Crippen molar-refractivity contribution < 1.29 is 4.42 Å². The van der Waals surface area contributed by atoms with E-state index >= 15 is 0 Å². The number of nitrogens with one attached hydrogen (secondary N) is 1. The predicted molar refractivity (Wildman–Crippen MR) is 64.9 cm³/mol. The fourth-order valence-corrected chi connectivity index (χ4v) is 1.78. The van der Waals surface area contributed by atoms with Gasteiger partial charge in [0.05, 0.1) is 12.5 Å². The van der Waals surface area contributed by atoms with Gasteiger partial charge in [-0.15, -0.1) is 0 Å². The van der Waals surface area contributed by atoms with Crippen LogP contribution >= 0.6 is 15.9 Å². The number of rotatable bonds is 3. The van der Waals surface area contributed by atoms with E-state index in [1.165, 1.54) is 5.56 Å². The first-order valence-corrected chi connectivity index (χ1v) is 5.57. The molecule has 0 aliphatic heterocycles. The standard InChI is InChI=1S/C12H12BrNO/c1-9-3-2-4-11(12(9)13)14-7-10-5-6-15-8-10/h2-6,8,14H,7H2,1H3. The highest BCUT2D eigenvalue weighted by molar-refractivity contribution is 9.10. The van der Waals surface area contributed by atoms with Crippen LogP contribution in [0.25, 0.3) is 0 Å². The molecule has 0 saturated carbocycles. The Hall–Kier alpha value is -1.22. The molecule has 0 aliphatic rings. The molecule has 2 aromatic rings. The SMILES string of the molecule is Cc1cccc(NCc2ccoc2)c1Br. The smallest absolute Gasteiger partial charge is 0.0952 e. The lowest BCUT2D eigenvalue weighted by Gasteiger charge is -2.08. The Morgan fingerprint density at radius 2 is 2.20 bits per heavy atom. The van der Waals surface area contributed by atoms with E-state index in [2.05, 4.69) is 40.3 Å². The highest BCUT2D eigenvalue weighted by atomic mass is 79.9. The Morgan fingerprint density at radius 3 is 2.93 bits per heavy atom. The maximum absolute atomic E-state index is 5.01. The molecule has 1 N–H and O–H groups in total. The second kappa shape index (κ2) is 4.53. The fraction of sp³-hybridized carbons (Fsp3) is 0.167. The summed E-state index contributed by atoms with van der Waals surface area (Å²) in [7, 11) is 0. The third kappa shape index (κ3) is 2.42. The van der Waals surface area contributed by atoms with E-state index in [0.29, 0.717) is 0 Å². The molecular formula is C12H12BrNO. The molecule has 0 aliphatic carbocycles. The van der Waals surface area contributed by atoms with E-state index in [1.54, 1.807) is 12.5 Å². The van der Waals surface area contributed by atoms with Gasteiger partial charge < -0.3 is 9.73 Å². The third-order valence-corrected chi connectivity index (χ3v) is 3.31. The van der Waals surface area contributed by atoms with Crippen molar-refractivity contribution in [3.05, 3.63) is 52.4 Å². The number of halogens is 1. The van der Waals surface area contributed by atoms with Crippen LogP contribution in [0.5, 0.6) is 0 Å². The van der Waals surface area contributed by atoms with Gasteiger partial charge >= 0.3 is 0 Å². The number of hydrogen-bond donors (Lipinski definition) is 1. The second-order valence-electron chi connectivity index (χ2n) is 3.42. The van der Waals surface area contributed by atoms with Gasteiger partial charge in [0.15, 0.2) is 0 Å². The van der Waals surface area contributed by atoms with Crippen molar-refractivity contribution in [2.45, 2.75) is 13.5 Å². The van der Waals surface area contributed by atoms with Gasteiger partial charge in [-0.1, -0.05) is 12.1 Å².